The number of aromatic amines is 1. The van der Waals surface area contributed by atoms with Gasteiger partial charge in [0.2, 0.25) is 0 Å². The monoisotopic (exact) mass is 248 g/mol. The molecule has 3 atom stereocenters. The molecule has 98 valence electrons. The second kappa shape index (κ2) is 4.30. The molecule has 1 heterocycles. The first kappa shape index (κ1) is 11.6. The zero-order valence-corrected chi connectivity index (χ0v) is 10.7. The predicted octanol–water partition coefficient (Wildman–Crippen LogP) is 1.50. The van der Waals surface area contributed by atoms with Gasteiger partial charge in [-0.2, -0.15) is 5.10 Å². The minimum atomic E-state index is -0.0484. The topological polar surface area (TPSA) is 75.0 Å². The molecule has 1 amide bonds. The van der Waals surface area contributed by atoms with Crippen molar-refractivity contribution in [2.45, 2.75) is 25.7 Å². The first-order valence-electron chi connectivity index (χ1n) is 6.69. The molecular formula is C13H20N4O. The van der Waals surface area contributed by atoms with Crippen LogP contribution in [0.2, 0.25) is 0 Å². The number of aromatic nitrogens is 2. The second-order valence-corrected chi connectivity index (χ2v) is 5.82. The number of nitrogen functional groups attached to an aromatic ring is 1. The van der Waals surface area contributed by atoms with Gasteiger partial charge in [0.25, 0.3) is 5.91 Å². The van der Waals surface area contributed by atoms with Crippen molar-refractivity contribution in [1.29, 1.82) is 0 Å². The summed E-state index contributed by atoms with van der Waals surface area (Å²) in [6.07, 6.45) is 6.90. The van der Waals surface area contributed by atoms with Gasteiger partial charge in [-0.25, -0.2) is 0 Å². The van der Waals surface area contributed by atoms with Crippen LogP contribution in [0.3, 0.4) is 0 Å². The highest BCUT2D eigenvalue weighted by molar-refractivity contribution is 5.96. The van der Waals surface area contributed by atoms with Crippen molar-refractivity contribution in [3.05, 3.63) is 11.9 Å². The summed E-state index contributed by atoms with van der Waals surface area (Å²) in [5, 5.41) is 6.48. The van der Waals surface area contributed by atoms with E-state index >= 15 is 0 Å². The Bertz CT molecular complexity index is 456. The number of H-pyrrole nitrogens is 1. The van der Waals surface area contributed by atoms with Gasteiger partial charge in [0.15, 0.2) is 0 Å². The minimum Gasteiger partial charge on any atom is -0.396 e. The van der Waals surface area contributed by atoms with Crippen molar-refractivity contribution >= 4 is 11.6 Å². The minimum absolute atomic E-state index is 0.0484. The van der Waals surface area contributed by atoms with E-state index in [0.29, 0.717) is 17.3 Å². The third-order valence-electron chi connectivity index (χ3n) is 4.62. The molecule has 3 rings (SSSR count). The summed E-state index contributed by atoms with van der Waals surface area (Å²) in [5.74, 6) is 2.39. The quantitative estimate of drug-likeness (QED) is 0.851. The molecule has 2 aliphatic rings. The molecule has 2 fully saturated rings. The Kier molecular flexibility index (Phi) is 2.76. The molecule has 18 heavy (non-hydrogen) atoms. The Morgan fingerprint density at radius 3 is 2.94 bits per heavy atom. The van der Waals surface area contributed by atoms with Crippen LogP contribution in [0.25, 0.3) is 0 Å². The van der Waals surface area contributed by atoms with Crippen LogP contribution in [0.1, 0.15) is 36.2 Å². The van der Waals surface area contributed by atoms with E-state index in [1.807, 2.05) is 7.05 Å². The molecule has 0 spiro atoms. The highest BCUT2D eigenvalue weighted by Crippen LogP contribution is 2.48. The molecule has 0 aliphatic heterocycles. The lowest BCUT2D eigenvalue weighted by molar-refractivity contribution is 0.0749. The van der Waals surface area contributed by atoms with Gasteiger partial charge >= 0.3 is 0 Å². The van der Waals surface area contributed by atoms with E-state index in [-0.39, 0.29) is 5.91 Å². The molecule has 1 aromatic heterocycles. The number of nitrogens with one attached hydrogen (secondary N) is 1. The SMILES string of the molecule is CN(CC1CC2CCC1C2)C(=O)c1[nH]ncc1N. The number of fused-ring (bicyclic) bond motifs is 2. The van der Waals surface area contributed by atoms with E-state index in [4.69, 9.17) is 5.73 Å². The molecule has 2 bridgehead atoms. The van der Waals surface area contributed by atoms with E-state index in [1.54, 1.807) is 4.90 Å². The number of hydrogen-bond donors (Lipinski definition) is 2. The first-order valence-corrected chi connectivity index (χ1v) is 6.69. The number of hydrogen-bond acceptors (Lipinski definition) is 3. The summed E-state index contributed by atoms with van der Waals surface area (Å²) >= 11 is 0. The summed E-state index contributed by atoms with van der Waals surface area (Å²) in [7, 11) is 1.86. The molecule has 3 N–H and O–H groups in total. The lowest BCUT2D eigenvalue weighted by Crippen LogP contribution is -2.34. The summed E-state index contributed by atoms with van der Waals surface area (Å²) in [6.45, 7) is 0.846. The highest BCUT2D eigenvalue weighted by atomic mass is 16.2. The van der Waals surface area contributed by atoms with E-state index < -0.39 is 0 Å². The average molecular weight is 248 g/mol. The highest BCUT2D eigenvalue weighted by Gasteiger charge is 2.40. The van der Waals surface area contributed by atoms with Gasteiger partial charge in [0.05, 0.1) is 11.9 Å². The maximum Gasteiger partial charge on any atom is 0.273 e. The van der Waals surface area contributed by atoms with Crippen LogP contribution >= 0.6 is 0 Å². The fourth-order valence-corrected chi connectivity index (χ4v) is 3.69. The van der Waals surface area contributed by atoms with Gasteiger partial charge in [-0.3, -0.25) is 9.89 Å². The second-order valence-electron chi connectivity index (χ2n) is 5.82. The molecule has 3 unspecified atom stereocenters. The fourth-order valence-electron chi connectivity index (χ4n) is 3.69. The van der Waals surface area contributed by atoms with Crippen LogP contribution < -0.4 is 5.73 Å². The molecule has 1 aromatic rings. The van der Waals surface area contributed by atoms with Crippen molar-refractivity contribution in [2.75, 3.05) is 19.3 Å². The molecule has 2 saturated carbocycles. The van der Waals surface area contributed by atoms with Crippen LogP contribution in [0.4, 0.5) is 5.69 Å². The normalized spacial score (nSPS) is 29.7. The average Bonchev–Trinajstić information content (AvgIpc) is 3.04. The van der Waals surface area contributed by atoms with Crippen LogP contribution in [-0.2, 0) is 0 Å². The Morgan fingerprint density at radius 1 is 1.56 bits per heavy atom. The Balaban J connectivity index is 1.63. The first-order chi connectivity index (χ1) is 8.65. The van der Waals surface area contributed by atoms with E-state index in [1.165, 1.54) is 31.9 Å². The van der Waals surface area contributed by atoms with Crippen molar-refractivity contribution in [3.8, 4) is 0 Å². The van der Waals surface area contributed by atoms with Gasteiger partial charge in [-0.15, -0.1) is 0 Å². The molecule has 2 aliphatic carbocycles. The van der Waals surface area contributed by atoms with Crippen molar-refractivity contribution < 1.29 is 4.79 Å². The lowest BCUT2D eigenvalue weighted by atomic mass is 9.88. The van der Waals surface area contributed by atoms with Gasteiger partial charge < -0.3 is 10.6 Å². The summed E-state index contributed by atoms with van der Waals surface area (Å²) < 4.78 is 0. The van der Waals surface area contributed by atoms with Gasteiger partial charge in [-0.1, -0.05) is 6.42 Å². The Labute approximate surface area is 107 Å². The number of rotatable bonds is 3. The number of carbonyl (C=O) groups excluding carboxylic acids is 1. The zero-order chi connectivity index (χ0) is 12.7. The van der Waals surface area contributed by atoms with Crippen LogP contribution in [0.5, 0.6) is 0 Å². The molecule has 5 nitrogen and oxygen atoms in total. The third kappa shape index (κ3) is 1.87. The summed E-state index contributed by atoms with van der Waals surface area (Å²) in [5.41, 5.74) is 6.55. The maximum atomic E-state index is 12.2. The molecule has 0 saturated heterocycles. The van der Waals surface area contributed by atoms with Crippen LogP contribution in [0, 0.1) is 17.8 Å². The number of anilines is 1. The largest absolute Gasteiger partial charge is 0.396 e. The van der Waals surface area contributed by atoms with Crippen molar-refractivity contribution in [2.24, 2.45) is 17.8 Å². The predicted molar refractivity (Wildman–Crippen MR) is 68.9 cm³/mol. The Morgan fingerprint density at radius 2 is 2.39 bits per heavy atom. The number of carbonyl (C=O) groups is 1. The van der Waals surface area contributed by atoms with Crippen LogP contribution in [0.15, 0.2) is 6.20 Å². The Hall–Kier alpha value is -1.52. The summed E-state index contributed by atoms with van der Waals surface area (Å²) in [4.78, 5) is 14.0. The van der Waals surface area contributed by atoms with E-state index in [0.717, 1.165) is 18.4 Å². The molecule has 0 aromatic carbocycles. The fraction of sp³-hybridized carbons (Fsp3) is 0.692. The third-order valence-corrected chi connectivity index (χ3v) is 4.62. The lowest BCUT2D eigenvalue weighted by Gasteiger charge is -2.27. The van der Waals surface area contributed by atoms with E-state index in [2.05, 4.69) is 10.2 Å². The summed E-state index contributed by atoms with van der Waals surface area (Å²) in [6, 6.07) is 0. The maximum absolute atomic E-state index is 12.2. The van der Waals surface area contributed by atoms with E-state index in [9.17, 15) is 4.79 Å². The van der Waals surface area contributed by atoms with Crippen LogP contribution in [-0.4, -0.2) is 34.6 Å². The molecular weight excluding hydrogens is 228 g/mol. The standard InChI is InChI=1S/C13H20N4O/c1-17(13(18)12-11(14)6-15-16-12)7-10-5-8-2-3-9(10)4-8/h6,8-10H,2-5,7,14H2,1H3,(H,15,16). The van der Waals surface area contributed by atoms with Crippen molar-refractivity contribution in [3.63, 3.8) is 0 Å². The van der Waals surface area contributed by atoms with Gasteiger partial charge in [0, 0.05) is 13.6 Å². The smallest absolute Gasteiger partial charge is 0.273 e. The number of nitrogens with zero attached hydrogens (tertiary/aromatic N) is 2. The van der Waals surface area contributed by atoms with Crippen molar-refractivity contribution in [1.82, 2.24) is 15.1 Å². The zero-order valence-electron chi connectivity index (χ0n) is 10.7. The molecule has 0 radical (unpaired) electrons. The van der Waals surface area contributed by atoms with Gasteiger partial charge in [-0.05, 0) is 37.0 Å². The number of amides is 1. The number of nitrogens with two attached hydrogens (primary N) is 1. The van der Waals surface area contributed by atoms with Gasteiger partial charge in [0.1, 0.15) is 5.69 Å². The molecule has 5 heteroatoms.